The lowest BCUT2D eigenvalue weighted by molar-refractivity contribution is 0.0522. The summed E-state index contributed by atoms with van der Waals surface area (Å²) in [6.07, 6.45) is 2.64. The highest BCUT2D eigenvalue weighted by Gasteiger charge is 2.19. The largest absolute Gasteiger partial charge is 0.444 e. The number of carbonyl (C=O) groups excluding carboxylic acids is 1. The molecule has 10 nitrogen and oxygen atoms in total. The van der Waals surface area contributed by atoms with Gasteiger partial charge in [-0.1, -0.05) is 0 Å². The number of amides is 1. The van der Waals surface area contributed by atoms with Crippen LogP contribution in [0.3, 0.4) is 0 Å². The van der Waals surface area contributed by atoms with Crippen molar-refractivity contribution in [3.05, 3.63) is 24.3 Å². The molecule has 0 aliphatic rings. The summed E-state index contributed by atoms with van der Waals surface area (Å²) in [6, 6.07) is 1.70. The third kappa shape index (κ3) is 4.62. The monoisotopic (exact) mass is 335 g/mol. The van der Waals surface area contributed by atoms with Crippen molar-refractivity contribution in [1.29, 1.82) is 0 Å². The molecule has 1 amide bonds. The Kier molecular flexibility index (Phi) is 5.29. The van der Waals surface area contributed by atoms with Crippen LogP contribution in [0.5, 0.6) is 0 Å². The second kappa shape index (κ2) is 7.21. The minimum Gasteiger partial charge on any atom is -0.444 e. The summed E-state index contributed by atoms with van der Waals surface area (Å²) in [5.41, 5.74) is -0.582. The van der Waals surface area contributed by atoms with Gasteiger partial charge < -0.3 is 10.1 Å². The van der Waals surface area contributed by atoms with E-state index in [0.717, 1.165) is 0 Å². The summed E-state index contributed by atoms with van der Waals surface area (Å²) in [4.78, 5) is 29.5. The number of hydrogen-bond donors (Lipinski definition) is 1. The van der Waals surface area contributed by atoms with Crippen molar-refractivity contribution < 1.29 is 14.4 Å². The van der Waals surface area contributed by atoms with Crippen molar-refractivity contribution in [2.24, 2.45) is 0 Å². The van der Waals surface area contributed by atoms with E-state index in [0.29, 0.717) is 17.7 Å². The molecule has 24 heavy (non-hydrogen) atoms. The summed E-state index contributed by atoms with van der Waals surface area (Å²) >= 11 is 0. The van der Waals surface area contributed by atoms with Crippen molar-refractivity contribution in [3.63, 3.8) is 0 Å². The molecular formula is C14H21N7O3. The molecule has 10 heteroatoms. The summed E-state index contributed by atoms with van der Waals surface area (Å²) in [5.74, 6) is 1.08. The number of hydroxylamine groups is 1. The van der Waals surface area contributed by atoms with Gasteiger partial charge in [-0.2, -0.15) is 9.67 Å². The SMILES string of the molecule is CON(C)c1nc(CNC(=O)OC(C)(C)C)n(-c2ncccn2)n1. The molecule has 2 aromatic heterocycles. The number of rotatable bonds is 5. The quantitative estimate of drug-likeness (QED) is 0.809. The van der Waals surface area contributed by atoms with E-state index in [4.69, 9.17) is 9.57 Å². The standard InChI is InChI=1S/C14H21N7O3/c1-14(2,3)24-13(22)17-9-10-18-12(20(4)23-5)19-21(10)11-15-7-6-8-16-11/h6-8H,9H2,1-5H3,(H,17,22). The zero-order valence-corrected chi connectivity index (χ0v) is 14.3. The first-order chi connectivity index (χ1) is 11.3. The number of nitrogens with zero attached hydrogens (tertiary/aromatic N) is 6. The maximum atomic E-state index is 11.8. The molecule has 0 spiro atoms. The Hall–Kier alpha value is -2.75. The minimum atomic E-state index is -0.582. The normalized spacial score (nSPS) is 11.2. The van der Waals surface area contributed by atoms with Crippen LogP contribution in [0, 0.1) is 0 Å². The molecule has 0 atom stereocenters. The van der Waals surface area contributed by atoms with Crippen molar-refractivity contribution >= 4 is 12.0 Å². The topological polar surface area (TPSA) is 107 Å². The van der Waals surface area contributed by atoms with Gasteiger partial charge in [0.05, 0.1) is 13.7 Å². The number of hydrogen-bond acceptors (Lipinski definition) is 8. The Morgan fingerprint density at radius 1 is 1.33 bits per heavy atom. The molecule has 0 aromatic carbocycles. The number of alkyl carbamates (subject to hydrolysis) is 1. The van der Waals surface area contributed by atoms with Crippen LogP contribution in [0.2, 0.25) is 0 Å². The van der Waals surface area contributed by atoms with Crippen LogP contribution in [-0.2, 0) is 16.1 Å². The smallest absolute Gasteiger partial charge is 0.408 e. The number of ether oxygens (including phenoxy) is 1. The van der Waals surface area contributed by atoms with Crippen LogP contribution >= 0.6 is 0 Å². The molecular weight excluding hydrogens is 314 g/mol. The molecule has 0 unspecified atom stereocenters. The Labute approximate surface area is 139 Å². The van der Waals surface area contributed by atoms with Gasteiger partial charge in [0, 0.05) is 19.4 Å². The Morgan fingerprint density at radius 2 is 2.00 bits per heavy atom. The molecule has 2 aromatic rings. The van der Waals surface area contributed by atoms with Gasteiger partial charge in [-0.25, -0.2) is 19.8 Å². The first-order valence-corrected chi connectivity index (χ1v) is 7.28. The molecule has 0 fully saturated rings. The first-order valence-electron chi connectivity index (χ1n) is 7.28. The number of nitrogens with one attached hydrogen (secondary N) is 1. The minimum absolute atomic E-state index is 0.0950. The number of anilines is 1. The van der Waals surface area contributed by atoms with Crippen molar-refractivity contribution in [3.8, 4) is 5.95 Å². The third-order valence-corrected chi connectivity index (χ3v) is 2.75. The van der Waals surface area contributed by atoms with Gasteiger partial charge >= 0.3 is 6.09 Å². The number of aromatic nitrogens is 5. The zero-order valence-electron chi connectivity index (χ0n) is 14.3. The fraction of sp³-hybridized carbons (Fsp3) is 0.500. The average Bonchev–Trinajstić information content (AvgIpc) is 2.95. The predicted molar refractivity (Wildman–Crippen MR) is 85.4 cm³/mol. The third-order valence-electron chi connectivity index (χ3n) is 2.75. The van der Waals surface area contributed by atoms with E-state index in [-0.39, 0.29) is 6.54 Å². The van der Waals surface area contributed by atoms with Gasteiger partial charge in [0.1, 0.15) is 5.60 Å². The van der Waals surface area contributed by atoms with Gasteiger partial charge in [0.15, 0.2) is 5.82 Å². The molecule has 0 radical (unpaired) electrons. The fourth-order valence-corrected chi connectivity index (χ4v) is 1.69. The Bertz CT molecular complexity index is 681. The van der Waals surface area contributed by atoms with Gasteiger partial charge in [-0.15, -0.1) is 5.10 Å². The lowest BCUT2D eigenvalue weighted by Gasteiger charge is -2.19. The maximum Gasteiger partial charge on any atom is 0.408 e. The highest BCUT2D eigenvalue weighted by atomic mass is 16.7. The molecule has 2 heterocycles. The molecule has 1 N–H and O–H groups in total. The van der Waals surface area contributed by atoms with Crippen LogP contribution in [-0.4, -0.2) is 50.6 Å². The fourth-order valence-electron chi connectivity index (χ4n) is 1.69. The highest BCUT2D eigenvalue weighted by Crippen LogP contribution is 2.12. The first kappa shape index (κ1) is 17.6. The number of carbonyl (C=O) groups is 1. The second-order valence-corrected chi connectivity index (χ2v) is 5.82. The second-order valence-electron chi connectivity index (χ2n) is 5.82. The van der Waals surface area contributed by atoms with Crippen LogP contribution < -0.4 is 10.4 Å². The summed E-state index contributed by atoms with van der Waals surface area (Å²) in [5, 5.41) is 8.31. The molecule has 0 aliphatic carbocycles. The molecule has 0 saturated carbocycles. The highest BCUT2D eigenvalue weighted by molar-refractivity contribution is 5.67. The van der Waals surface area contributed by atoms with Gasteiger partial charge in [-0.05, 0) is 26.8 Å². The van der Waals surface area contributed by atoms with E-state index < -0.39 is 11.7 Å². The van der Waals surface area contributed by atoms with E-state index in [1.54, 1.807) is 46.3 Å². The van der Waals surface area contributed by atoms with Crippen molar-refractivity contribution in [2.75, 3.05) is 19.2 Å². The summed E-state index contributed by atoms with van der Waals surface area (Å²) in [7, 11) is 3.16. The van der Waals surface area contributed by atoms with Crippen LogP contribution in [0.1, 0.15) is 26.6 Å². The molecule has 0 aliphatic heterocycles. The van der Waals surface area contributed by atoms with Crippen molar-refractivity contribution in [1.82, 2.24) is 30.0 Å². The van der Waals surface area contributed by atoms with Crippen LogP contribution in [0.25, 0.3) is 5.95 Å². The van der Waals surface area contributed by atoms with Gasteiger partial charge in [-0.3, -0.25) is 4.84 Å². The predicted octanol–water partition coefficient (Wildman–Crippen LogP) is 1.08. The summed E-state index contributed by atoms with van der Waals surface area (Å²) < 4.78 is 6.64. The molecule has 0 saturated heterocycles. The van der Waals surface area contributed by atoms with E-state index in [1.165, 1.54) is 16.9 Å². The Balaban J connectivity index is 2.21. The Morgan fingerprint density at radius 3 is 2.58 bits per heavy atom. The average molecular weight is 335 g/mol. The van der Waals surface area contributed by atoms with Crippen LogP contribution in [0.15, 0.2) is 18.5 Å². The van der Waals surface area contributed by atoms with E-state index in [2.05, 4.69) is 25.4 Å². The molecule has 2 rings (SSSR count). The van der Waals surface area contributed by atoms with E-state index >= 15 is 0 Å². The van der Waals surface area contributed by atoms with E-state index in [1.807, 2.05) is 0 Å². The van der Waals surface area contributed by atoms with Gasteiger partial charge in [0.2, 0.25) is 0 Å². The van der Waals surface area contributed by atoms with Gasteiger partial charge in [0.25, 0.3) is 11.9 Å². The zero-order chi connectivity index (χ0) is 17.7. The maximum absolute atomic E-state index is 11.8. The molecule has 130 valence electrons. The van der Waals surface area contributed by atoms with Crippen molar-refractivity contribution in [2.45, 2.75) is 32.9 Å². The summed E-state index contributed by atoms with van der Waals surface area (Å²) in [6.45, 7) is 5.47. The lowest BCUT2D eigenvalue weighted by atomic mass is 10.2. The molecule has 0 bridgehead atoms. The van der Waals surface area contributed by atoms with Crippen LogP contribution in [0.4, 0.5) is 10.7 Å². The lowest BCUT2D eigenvalue weighted by Crippen LogP contribution is -2.32. The van der Waals surface area contributed by atoms with E-state index in [9.17, 15) is 4.79 Å².